The Morgan fingerprint density at radius 3 is 2.78 bits per heavy atom. The summed E-state index contributed by atoms with van der Waals surface area (Å²) in [6.45, 7) is 5.10. The van der Waals surface area contributed by atoms with E-state index in [1.807, 2.05) is 0 Å². The van der Waals surface area contributed by atoms with Crippen LogP contribution in [-0.4, -0.2) is 25.8 Å². The third-order valence-corrected chi connectivity index (χ3v) is 1.46. The number of hydrogen-bond donors (Lipinski definition) is 2. The van der Waals surface area contributed by atoms with Crippen molar-refractivity contribution in [1.82, 2.24) is 11.5 Å². The van der Waals surface area contributed by atoms with Crippen LogP contribution in [0.4, 0.5) is 0 Å². The Hall–Kier alpha value is -0.120. The summed E-state index contributed by atoms with van der Waals surface area (Å²) < 4.78 is 5.36. The van der Waals surface area contributed by atoms with E-state index in [1.165, 1.54) is 0 Å². The van der Waals surface area contributed by atoms with E-state index in [0.717, 1.165) is 26.1 Å². The van der Waals surface area contributed by atoms with Crippen molar-refractivity contribution in [2.24, 2.45) is 0 Å². The highest BCUT2D eigenvalue weighted by atomic mass is 16.5. The van der Waals surface area contributed by atoms with Crippen molar-refractivity contribution < 1.29 is 4.74 Å². The molecule has 0 radical (unpaired) electrons. The molecule has 1 unspecified atom stereocenters. The predicted octanol–water partition coefficient (Wildman–Crippen LogP) is 0.547. The highest BCUT2D eigenvalue weighted by Gasteiger charge is 2.08. The second-order valence-corrected chi connectivity index (χ2v) is 2.11. The van der Waals surface area contributed by atoms with Crippen LogP contribution in [0.3, 0.4) is 0 Å². The molecule has 1 fully saturated rings. The summed E-state index contributed by atoms with van der Waals surface area (Å²) in [7, 11) is 0. The van der Waals surface area contributed by atoms with Crippen LogP contribution in [0.1, 0.15) is 13.3 Å². The van der Waals surface area contributed by atoms with Gasteiger partial charge in [0.05, 0.1) is 12.7 Å². The maximum Gasteiger partial charge on any atom is 0.0697 e. The average molecular weight is 132 g/mol. The van der Waals surface area contributed by atoms with Crippen LogP contribution < -0.4 is 11.5 Å². The fourth-order valence-electron chi connectivity index (χ4n) is 0.882. The maximum absolute atomic E-state index is 5.36. The molecule has 4 N–H and O–H groups in total. The molecule has 0 amide bonds. The molecule has 0 bridgehead atoms. The van der Waals surface area contributed by atoms with Gasteiger partial charge >= 0.3 is 0 Å². The highest BCUT2D eigenvalue weighted by molar-refractivity contribution is 4.63. The van der Waals surface area contributed by atoms with Crippen molar-refractivity contribution >= 4 is 0 Å². The lowest BCUT2D eigenvalue weighted by atomic mass is 10.2. The minimum atomic E-state index is 0. The zero-order valence-corrected chi connectivity index (χ0v) is 6.02. The second kappa shape index (κ2) is 4.73. The van der Waals surface area contributed by atoms with Crippen molar-refractivity contribution in [3.8, 4) is 0 Å². The molecule has 1 heterocycles. The normalized spacial score (nSPS) is 27.0. The van der Waals surface area contributed by atoms with Crippen molar-refractivity contribution in [1.29, 1.82) is 0 Å². The minimum Gasteiger partial charge on any atom is -0.376 e. The Kier molecular flexibility index (Phi) is 4.67. The molecular formula is C6H16N2O. The molecular weight excluding hydrogens is 116 g/mol. The Bertz CT molecular complexity index is 62.1. The van der Waals surface area contributed by atoms with Crippen LogP contribution in [0.15, 0.2) is 0 Å². The Morgan fingerprint density at radius 1 is 1.67 bits per heavy atom. The van der Waals surface area contributed by atoms with E-state index in [2.05, 4.69) is 12.2 Å². The molecule has 1 aliphatic rings. The number of hydrogen-bond acceptors (Lipinski definition) is 3. The molecule has 0 aromatic carbocycles. The number of ether oxygens (including phenoxy) is 1. The standard InChI is InChI=1S/C6H13NO.H3N/c1-2-6-5-7-3-4-8-6;/h6-7H,2-5H2,1H3;1H3. The quantitative estimate of drug-likeness (QED) is 0.547. The second-order valence-electron chi connectivity index (χ2n) is 2.11. The lowest BCUT2D eigenvalue weighted by molar-refractivity contribution is 0.0267. The van der Waals surface area contributed by atoms with Gasteiger partial charge in [0.15, 0.2) is 0 Å². The molecule has 1 rings (SSSR count). The van der Waals surface area contributed by atoms with Gasteiger partial charge in [-0.05, 0) is 6.42 Å². The number of rotatable bonds is 1. The zero-order valence-electron chi connectivity index (χ0n) is 6.02. The summed E-state index contributed by atoms with van der Waals surface area (Å²) in [4.78, 5) is 0. The first kappa shape index (κ1) is 8.88. The van der Waals surface area contributed by atoms with Gasteiger partial charge in [-0.25, -0.2) is 0 Å². The summed E-state index contributed by atoms with van der Waals surface area (Å²) >= 11 is 0. The van der Waals surface area contributed by atoms with Crippen LogP contribution >= 0.6 is 0 Å². The van der Waals surface area contributed by atoms with Gasteiger partial charge < -0.3 is 16.2 Å². The Labute approximate surface area is 56.4 Å². The molecule has 1 saturated heterocycles. The van der Waals surface area contributed by atoms with E-state index in [1.54, 1.807) is 0 Å². The van der Waals surface area contributed by atoms with Gasteiger partial charge in [0.2, 0.25) is 0 Å². The lowest BCUT2D eigenvalue weighted by Gasteiger charge is -2.21. The van der Waals surface area contributed by atoms with Crippen LogP contribution in [0, 0.1) is 0 Å². The number of nitrogens with one attached hydrogen (secondary N) is 1. The molecule has 1 aliphatic heterocycles. The van der Waals surface area contributed by atoms with E-state index in [0.29, 0.717) is 6.10 Å². The molecule has 56 valence electrons. The van der Waals surface area contributed by atoms with E-state index in [-0.39, 0.29) is 6.15 Å². The number of morpholine rings is 1. The van der Waals surface area contributed by atoms with Crippen LogP contribution in [0.5, 0.6) is 0 Å². The fourth-order valence-corrected chi connectivity index (χ4v) is 0.882. The first-order valence-corrected chi connectivity index (χ1v) is 3.26. The van der Waals surface area contributed by atoms with Crippen molar-refractivity contribution in [3.63, 3.8) is 0 Å². The molecule has 3 nitrogen and oxygen atoms in total. The first-order chi connectivity index (χ1) is 3.93. The van der Waals surface area contributed by atoms with Crippen molar-refractivity contribution in [2.45, 2.75) is 19.4 Å². The van der Waals surface area contributed by atoms with Gasteiger partial charge in [0.1, 0.15) is 0 Å². The molecule has 1 atom stereocenters. The Balaban J connectivity index is 0.000000640. The molecule has 0 spiro atoms. The fraction of sp³-hybridized carbons (Fsp3) is 1.00. The monoisotopic (exact) mass is 132 g/mol. The minimum absolute atomic E-state index is 0. The SMILES string of the molecule is CCC1CNCCO1.N. The smallest absolute Gasteiger partial charge is 0.0697 e. The molecule has 3 heteroatoms. The van der Waals surface area contributed by atoms with Gasteiger partial charge in [-0.1, -0.05) is 6.92 Å². The van der Waals surface area contributed by atoms with Crippen LogP contribution in [0.25, 0.3) is 0 Å². The summed E-state index contributed by atoms with van der Waals surface area (Å²) in [5.41, 5.74) is 0. The third kappa shape index (κ3) is 2.79. The average Bonchev–Trinajstić information content (AvgIpc) is 1.90. The van der Waals surface area contributed by atoms with Gasteiger partial charge in [-0.2, -0.15) is 0 Å². The summed E-state index contributed by atoms with van der Waals surface area (Å²) in [6.07, 6.45) is 1.61. The van der Waals surface area contributed by atoms with E-state index < -0.39 is 0 Å². The van der Waals surface area contributed by atoms with Gasteiger partial charge in [0.25, 0.3) is 0 Å². The van der Waals surface area contributed by atoms with Crippen molar-refractivity contribution in [3.05, 3.63) is 0 Å². The van der Waals surface area contributed by atoms with Crippen LogP contribution in [0.2, 0.25) is 0 Å². The molecule has 0 saturated carbocycles. The van der Waals surface area contributed by atoms with E-state index in [9.17, 15) is 0 Å². The largest absolute Gasteiger partial charge is 0.376 e. The lowest BCUT2D eigenvalue weighted by Crippen LogP contribution is -2.37. The van der Waals surface area contributed by atoms with E-state index >= 15 is 0 Å². The maximum atomic E-state index is 5.36. The molecule has 0 aromatic heterocycles. The summed E-state index contributed by atoms with van der Waals surface area (Å²) in [5.74, 6) is 0. The first-order valence-electron chi connectivity index (χ1n) is 3.26. The predicted molar refractivity (Wildman–Crippen MR) is 37.9 cm³/mol. The molecule has 9 heavy (non-hydrogen) atoms. The Morgan fingerprint density at radius 2 is 2.44 bits per heavy atom. The summed E-state index contributed by atoms with van der Waals surface area (Å²) in [6, 6.07) is 0. The van der Waals surface area contributed by atoms with E-state index in [4.69, 9.17) is 4.74 Å². The summed E-state index contributed by atoms with van der Waals surface area (Å²) in [5, 5.41) is 3.26. The molecule has 0 aromatic rings. The van der Waals surface area contributed by atoms with Gasteiger partial charge in [-0.15, -0.1) is 0 Å². The molecule has 0 aliphatic carbocycles. The third-order valence-electron chi connectivity index (χ3n) is 1.46. The van der Waals surface area contributed by atoms with Gasteiger partial charge in [0, 0.05) is 13.1 Å². The van der Waals surface area contributed by atoms with Crippen LogP contribution in [-0.2, 0) is 4.74 Å². The van der Waals surface area contributed by atoms with Gasteiger partial charge in [-0.3, -0.25) is 0 Å². The topological polar surface area (TPSA) is 56.3 Å². The zero-order chi connectivity index (χ0) is 5.82. The highest BCUT2D eigenvalue weighted by Crippen LogP contribution is 1.98. The van der Waals surface area contributed by atoms with Crippen molar-refractivity contribution in [2.75, 3.05) is 19.7 Å².